The molecule has 25 heavy (non-hydrogen) atoms. The zero-order valence-corrected chi connectivity index (χ0v) is 15.5. The van der Waals surface area contributed by atoms with Gasteiger partial charge in [-0.05, 0) is 61.4 Å². The van der Waals surface area contributed by atoms with Crippen molar-refractivity contribution in [3.63, 3.8) is 0 Å². The average Bonchev–Trinajstić information content (AvgIpc) is 3.21. The highest BCUT2D eigenvalue weighted by Gasteiger charge is 2.44. The number of carbonyl (C=O) groups excluding carboxylic acids is 1. The van der Waals surface area contributed by atoms with Crippen molar-refractivity contribution in [2.24, 2.45) is 11.3 Å². The summed E-state index contributed by atoms with van der Waals surface area (Å²) in [5.74, 6) is 1.02. The minimum absolute atomic E-state index is 0.201. The van der Waals surface area contributed by atoms with Crippen LogP contribution in [-0.2, 0) is 16.1 Å². The molecular formula is C20H27ClN2O2. The first-order chi connectivity index (χ1) is 12.1. The number of hydrogen-bond donors (Lipinski definition) is 0. The van der Waals surface area contributed by atoms with Gasteiger partial charge in [-0.1, -0.05) is 23.7 Å². The van der Waals surface area contributed by atoms with Crippen LogP contribution in [0.5, 0.6) is 0 Å². The molecule has 5 heteroatoms. The maximum atomic E-state index is 12.5. The molecular weight excluding hydrogens is 336 g/mol. The SMILES string of the molecule is O=C1CC2(CCN(C[C@H]3CCOC3)CC2)CN1Cc1ccc(Cl)cc1. The van der Waals surface area contributed by atoms with E-state index in [1.165, 1.54) is 13.0 Å². The summed E-state index contributed by atoms with van der Waals surface area (Å²) < 4.78 is 5.50. The summed E-state index contributed by atoms with van der Waals surface area (Å²) in [6.07, 6.45) is 4.21. The second-order valence-corrected chi connectivity index (χ2v) is 8.52. The number of benzene rings is 1. The first-order valence-electron chi connectivity index (χ1n) is 9.44. The zero-order valence-electron chi connectivity index (χ0n) is 14.8. The molecule has 0 N–H and O–H groups in total. The van der Waals surface area contributed by atoms with Crippen molar-refractivity contribution in [3.8, 4) is 0 Å². The molecule has 1 atom stereocenters. The summed E-state index contributed by atoms with van der Waals surface area (Å²) in [7, 11) is 0. The molecule has 3 fully saturated rings. The predicted octanol–water partition coefficient (Wildman–Crippen LogP) is 3.19. The topological polar surface area (TPSA) is 32.8 Å². The molecule has 4 nitrogen and oxygen atoms in total. The van der Waals surface area contributed by atoms with Gasteiger partial charge in [0.2, 0.25) is 5.91 Å². The Morgan fingerprint density at radius 2 is 1.96 bits per heavy atom. The molecule has 0 unspecified atom stereocenters. The molecule has 0 saturated carbocycles. The van der Waals surface area contributed by atoms with Crippen molar-refractivity contribution in [2.45, 2.75) is 32.2 Å². The molecule has 0 radical (unpaired) electrons. The molecule has 3 aliphatic heterocycles. The number of amides is 1. The van der Waals surface area contributed by atoms with Crippen molar-refractivity contribution < 1.29 is 9.53 Å². The fourth-order valence-electron chi connectivity index (χ4n) is 4.57. The number of halogens is 1. The second-order valence-electron chi connectivity index (χ2n) is 8.08. The summed E-state index contributed by atoms with van der Waals surface area (Å²) in [5.41, 5.74) is 1.36. The normalized spacial score (nSPS) is 26.7. The quantitative estimate of drug-likeness (QED) is 0.824. The summed E-state index contributed by atoms with van der Waals surface area (Å²) >= 11 is 5.95. The van der Waals surface area contributed by atoms with E-state index in [0.717, 1.165) is 62.7 Å². The molecule has 136 valence electrons. The maximum absolute atomic E-state index is 12.5. The van der Waals surface area contributed by atoms with E-state index in [9.17, 15) is 4.79 Å². The van der Waals surface area contributed by atoms with E-state index < -0.39 is 0 Å². The number of piperidine rings is 1. The molecule has 1 amide bonds. The van der Waals surface area contributed by atoms with Crippen LogP contribution in [0, 0.1) is 11.3 Å². The Morgan fingerprint density at radius 1 is 1.20 bits per heavy atom. The van der Waals surface area contributed by atoms with Crippen LogP contribution >= 0.6 is 11.6 Å². The number of ether oxygens (including phenoxy) is 1. The Hall–Kier alpha value is -1.10. The van der Waals surface area contributed by atoms with Gasteiger partial charge in [0.15, 0.2) is 0 Å². The minimum atomic E-state index is 0.201. The summed E-state index contributed by atoms with van der Waals surface area (Å²) in [5, 5.41) is 0.744. The molecule has 3 aliphatic rings. The monoisotopic (exact) mass is 362 g/mol. The Kier molecular flexibility index (Phi) is 5.03. The number of hydrogen-bond acceptors (Lipinski definition) is 3. The molecule has 1 aromatic rings. The van der Waals surface area contributed by atoms with Crippen molar-refractivity contribution in [2.75, 3.05) is 39.4 Å². The molecule has 3 heterocycles. The Balaban J connectivity index is 1.31. The largest absolute Gasteiger partial charge is 0.381 e. The van der Waals surface area contributed by atoms with Gasteiger partial charge in [-0.25, -0.2) is 0 Å². The van der Waals surface area contributed by atoms with Crippen LogP contribution in [0.2, 0.25) is 5.02 Å². The average molecular weight is 363 g/mol. The first kappa shape index (κ1) is 17.3. The van der Waals surface area contributed by atoms with E-state index in [1.807, 2.05) is 29.2 Å². The highest BCUT2D eigenvalue weighted by molar-refractivity contribution is 6.30. The van der Waals surface area contributed by atoms with E-state index in [1.54, 1.807) is 0 Å². The van der Waals surface area contributed by atoms with Gasteiger partial charge in [0.05, 0.1) is 6.61 Å². The summed E-state index contributed by atoms with van der Waals surface area (Å²) in [6, 6.07) is 7.84. The van der Waals surface area contributed by atoms with Gasteiger partial charge in [0, 0.05) is 37.7 Å². The highest BCUT2D eigenvalue weighted by atomic mass is 35.5. The van der Waals surface area contributed by atoms with Gasteiger partial charge < -0.3 is 14.5 Å². The van der Waals surface area contributed by atoms with Gasteiger partial charge in [-0.2, -0.15) is 0 Å². The van der Waals surface area contributed by atoms with E-state index in [4.69, 9.17) is 16.3 Å². The molecule has 1 spiro atoms. The van der Waals surface area contributed by atoms with Crippen LogP contribution in [0.3, 0.4) is 0 Å². The third kappa shape index (κ3) is 4.02. The predicted molar refractivity (Wildman–Crippen MR) is 98.5 cm³/mol. The van der Waals surface area contributed by atoms with Crippen molar-refractivity contribution in [1.29, 1.82) is 0 Å². The van der Waals surface area contributed by atoms with Crippen LogP contribution in [0.25, 0.3) is 0 Å². The lowest BCUT2D eigenvalue weighted by Crippen LogP contribution is -2.43. The fraction of sp³-hybridized carbons (Fsp3) is 0.650. The third-order valence-corrected chi connectivity index (χ3v) is 6.40. The van der Waals surface area contributed by atoms with Crippen LogP contribution in [0.4, 0.5) is 0 Å². The van der Waals surface area contributed by atoms with Crippen molar-refractivity contribution in [3.05, 3.63) is 34.9 Å². The Morgan fingerprint density at radius 3 is 2.64 bits per heavy atom. The lowest BCUT2D eigenvalue weighted by Gasteiger charge is -2.39. The van der Waals surface area contributed by atoms with Crippen LogP contribution in [0.1, 0.15) is 31.2 Å². The van der Waals surface area contributed by atoms with Crippen LogP contribution < -0.4 is 0 Å². The molecule has 0 bridgehead atoms. The van der Waals surface area contributed by atoms with Crippen LogP contribution in [-0.4, -0.2) is 55.1 Å². The van der Waals surface area contributed by atoms with Crippen molar-refractivity contribution >= 4 is 17.5 Å². The minimum Gasteiger partial charge on any atom is -0.381 e. The smallest absolute Gasteiger partial charge is 0.223 e. The highest BCUT2D eigenvalue weighted by Crippen LogP contribution is 2.41. The molecule has 4 rings (SSSR count). The second kappa shape index (κ2) is 7.26. The van der Waals surface area contributed by atoms with Gasteiger partial charge in [-0.3, -0.25) is 4.79 Å². The Bertz CT molecular complexity index is 605. The maximum Gasteiger partial charge on any atom is 0.223 e. The van der Waals surface area contributed by atoms with E-state index >= 15 is 0 Å². The van der Waals surface area contributed by atoms with Gasteiger partial charge in [0.25, 0.3) is 0 Å². The Labute approximate surface area is 155 Å². The van der Waals surface area contributed by atoms with Gasteiger partial charge >= 0.3 is 0 Å². The lowest BCUT2D eigenvalue weighted by atomic mass is 9.77. The van der Waals surface area contributed by atoms with E-state index in [0.29, 0.717) is 18.4 Å². The molecule has 0 aromatic heterocycles. The molecule has 1 aromatic carbocycles. The van der Waals surface area contributed by atoms with Gasteiger partial charge in [0.1, 0.15) is 0 Å². The summed E-state index contributed by atoms with van der Waals surface area (Å²) in [4.78, 5) is 17.2. The fourth-order valence-corrected chi connectivity index (χ4v) is 4.70. The number of rotatable bonds is 4. The van der Waals surface area contributed by atoms with Crippen molar-refractivity contribution in [1.82, 2.24) is 9.80 Å². The third-order valence-electron chi connectivity index (χ3n) is 6.15. The first-order valence-corrected chi connectivity index (χ1v) is 9.82. The standard InChI is InChI=1S/C20H27ClN2O2/c21-18-3-1-16(2-4-18)13-23-15-20(11-19(23)24)6-8-22(9-7-20)12-17-5-10-25-14-17/h1-4,17H,5-15H2/t17-/m1/s1. The van der Waals surface area contributed by atoms with E-state index in [2.05, 4.69) is 4.90 Å². The summed E-state index contributed by atoms with van der Waals surface area (Å²) in [6.45, 7) is 6.89. The number of likely N-dealkylation sites (tertiary alicyclic amines) is 2. The zero-order chi connectivity index (χ0) is 17.3. The lowest BCUT2D eigenvalue weighted by molar-refractivity contribution is -0.128. The number of nitrogens with zero attached hydrogens (tertiary/aromatic N) is 2. The number of carbonyl (C=O) groups is 1. The van der Waals surface area contributed by atoms with Gasteiger partial charge in [-0.15, -0.1) is 0 Å². The molecule has 0 aliphatic carbocycles. The van der Waals surface area contributed by atoms with Crippen LogP contribution in [0.15, 0.2) is 24.3 Å². The molecule has 3 saturated heterocycles. The van der Waals surface area contributed by atoms with E-state index in [-0.39, 0.29) is 5.41 Å².